The van der Waals surface area contributed by atoms with Crippen LogP contribution in [-0.4, -0.2) is 26.2 Å². The Labute approximate surface area is 104 Å². The summed E-state index contributed by atoms with van der Waals surface area (Å²) in [6, 6.07) is 1.84. The van der Waals surface area contributed by atoms with Crippen LogP contribution in [0, 0.1) is 0 Å². The summed E-state index contributed by atoms with van der Waals surface area (Å²) in [5.41, 5.74) is 6.65. The van der Waals surface area contributed by atoms with Gasteiger partial charge in [-0.25, -0.2) is 4.79 Å². The quantitative estimate of drug-likeness (QED) is 0.822. The molecule has 90 valence electrons. The maximum Gasteiger partial charge on any atom is 0.348 e. The molecule has 2 N–H and O–H groups in total. The van der Waals surface area contributed by atoms with Crippen molar-refractivity contribution in [3.63, 3.8) is 0 Å². The SMILES string of the molecule is COC(=O)c1cc2c(s1)CCOC2CN.Cl. The smallest absolute Gasteiger partial charge is 0.348 e. The van der Waals surface area contributed by atoms with Gasteiger partial charge in [0.2, 0.25) is 0 Å². The molecule has 1 aromatic rings. The lowest BCUT2D eigenvalue weighted by molar-refractivity contribution is 0.0497. The molecule has 1 unspecified atom stereocenters. The molecule has 0 amide bonds. The van der Waals surface area contributed by atoms with Crippen molar-refractivity contribution in [3.8, 4) is 0 Å². The zero-order valence-electron chi connectivity index (χ0n) is 8.89. The van der Waals surface area contributed by atoms with Gasteiger partial charge in [0.25, 0.3) is 0 Å². The fourth-order valence-corrected chi connectivity index (χ4v) is 2.80. The lowest BCUT2D eigenvalue weighted by Gasteiger charge is -2.21. The number of fused-ring (bicyclic) bond motifs is 1. The normalized spacial score (nSPS) is 18.5. The molecule has 1 aliphatic heterocycles. The van der Waals surface area contributed by atoms with E-state index >= 15 is 0 Å². The minimum absolute atomic E-state index is 0. The molecule has 0 radical (unpaired) electrons. The number of hydrogen-bond donors (Lipinski definition) is 1. The molecule has 0 fully saturated rings. The second-order valence-electron chi connectivity index (χ2n) is 3.33. The summed E-state index contributed by atoms with van der Waals surface area (Å²) in [4.78, 5) is 13.2. The number of halogens is 1. The van der Waals surface area contributed by atoms with Crippen molar-refractivity contribution in [1.82, 2.24) is 0 Å². The van der Waals surface area contributed by atoms with Gasteiger partial charge in [0, 0.05) is 17.8 Å². The number of carbonyl (C=O) groups excluding carboxylic acids is 1. The zero-order chi connectivity index (χ0) is 10.8. The highest BCUT2D eigenvalue weighted by atomic mass is 35.5. The Morgan fingerprint density at radius 3 is 3.12 bits per heavy atom. The second kappa shape index (κ2) is 5.63. The first kappa shape index (κ1) is 13.4. The monoisotopic (exact) mass is 263 g/mol. The van der Waals surface area contributed by atoms with Crippen LogP contribution in [0.1, 0.15) is 26.2 Å². The van der Waals surface area contributed by atoms with Crippen molar-refractivity contribution in [3.05, 3.63) is 21.4 Å². The fraction of sp³-hybridized carbons (Fsp3) is 0.500. The minimum atomic E-state index is -0.287. The first-order valence-corrected chi connectivity index (χ1v) is 5.60. The van der Waals surface area contributed by atoms with Gasteiger partial charge in [0.15, 0.2) is 0 Å². The highest BCUT2D eigenvalue weighted by Gasteiger charge is 2.24. The maximum absolute atomic E-state index is 11.3. The number of thiophene rings is 1. The summed E-state index contributed by atoms with van der Waals surface area (Å²) in [5.74, 6) is -0.287. The number of nitrogens with two attached hydrogens (primary N) is 1. The lowest BCUT2D eigenvalue weighted by Crippen LogP contribution is -2.21. The molecule has 0 saturated carbocycles. The lowest BCUT2D eigenvalue weighted by atomic mass is 10.1. The molecule has 1 aliphatic rings. The summed E-state index contributed by atoms with van der Waals surface area (Å²) in [7, 11) is 1.39. The molecule has 1 atom stereocenters. The van der Waals surface area contributed by atoms with E-state index in [-0.39, 0.29) is 24.5 Å². The fourth-order valence-electron chi connectivity index (χ4n) is 1.69. The third-order valence-corrected chi connectivity index (χ3v) is 3.63. The van der Waals surface area contributed by atoms with Crippen LogP contribution in [0.3, 0.4) is 0 Å². The van der Waals surface area contributed by atoms with Gasteiger partial charge in [-0.2, -0.15) is 0 Å². The number of ether oxygens (including phenoxy) is 2. The standard InChI is InChI=1S/C10H13NO3S.ClH/c1-13-10(12)9-4-6-7(5-11)14-3-2-8(6)15-9;/h4,7H,2-3,5,11H2,1H3;1H. The maximum atomic E-state index is 11.3. The summed E-state index contributed by atoms with van der Waals surface area (Å²) in [5, 5.41) is 0. The van der Waals surface area contributed by atoms with Crippen LogP contribution in [0.2, 0.25) is 0 Å². The van der Waals surface area contributed by atoms with Crippen LogP contribution in [0.4, 0.5) is 0 Å². The van der Waals surface area contributed by atoms with E-state index in [0.29, 0.717) is 18.0 Å². The van der Waals surface area contributed by atoms with Crippen molar-refractivity contribution < 1.29 is 14.3 Å². The molecular weight excluding hydrogens is 250 g/mol. The van der Waals surface area contributed by atoms with E-state index in [9.17, 15) is 4.79 Å². The summed E-state index contributed by atoms with van der Waals surface area (Å²) < 4.78 is 10.2. The van der Waals surface area contributed by atoms with E-state index in [4.69, 9.17) is 10.5 Å². The molecule has 2 rings (SSSR count). The third kappa shape index (κ3) is 2.38. The number of hydrogen-bond acceptors (Lipinski definition) is 5. The van der Waals surface area contributed by atoms with E-state index in [0.717, 1.165) is 12.0 Å². The van der Waals surface area contributed by atoms with Gasteiger partial charge < -0.3 is 15.2 Å². The van der Waals surface area contributed by atoms with Crippen molar-refractivity contribution in [2.75, 3.05) is 20.3 Å². The van der Waals surface area contributed by atoms with Crippen LogP contribution in [0.15, 0.2) is 6.07 Å². The van der Waals surface area contributed by atoms with Crippen molar-refractivity contribution >= 4 is 29.7 Å². The van der Waals surface area contributed by atoms with Crippen molar-refractivity contribution in [2.24, 2.45) is 5.73 Å². The molecule has 1 aromatic heterocycles. The van der Waals surface area contributed by atoms with Crippen molar-refractivity contribution in [1.29, 1.82) is 0 Å². The number of rotatable bonds is 2. The molecule has 4 nitrogen and oxygen atoms in total. The molecule has 0 spiro atoms. The largest absolute Gasteiger partial charge is 0.465 e. The van der Waals surface area contributed by atoms with Gasteiger partial charge in [-0.3, -0.25) is 0 Å². The molecule has 2 heterocycles. The summed E-state index contributed by atoms with van der Waals surface area (Å²) >= 11 is 1.48. The van der Waals surface area contributed by atoms with Crippen LogP contribution in [0.25, 0.3) is 0 Å². The summed E-state index contributed by atoms with van der Waals surface area (Å²) in [6.07, 6.45) is 0.788. The predicted octanol–water partition coefficient (Wildman–Crippen LogP) is 1.53. The van der Waals surface area contributed by atoms with Crippen LogP contribution >= 0.6 is 23.7 Å². The van der Waals surface area contributed by atoms with Gasteiger partial charge in [-0.1, -0.05) is 0 Å². The van der Waals surface area contributed by atoms with E-state index in [2.05, 4.69) is 4.74 Å². The van der Waals surface area contributed by atoms with Gasteiger partial charge in [-0.05, 0) is 11.6 Å². The topological polar surface area (TPSA) is 61.5 Å². The Morgan fingerprint density at radius 1 is 1.75 bits per heavy atom. The Hall–Kier alpha value is -0.620. The Kier molecular flexibility index (Phi) is 4.73. The van der Waals surface area contributed by atoms with E-state index < -0.39 is 0 Å². The number of carbonyl (C=O) groups is 1. The highest BCUT2D eigenvalue weighted by molar-refractivity contribution is 7.14. The summed E-state index contributed by atoms with van der Waals surface area (Å²) in [6.45, 7) is 1.13. The zero-order valence-corrected chi connectivity index (χ0v) is 10.5. The van der Waals surface area contributed by atoms with Gasteiger partial charge in [-0.15, -0.1) is 23.7 Å². The Balaban J connectivity index is 0.00000128. The molecule has 0 bridgehead atoms. The van der Waals surface area contributed by atoms with E-state index in [1.165, 1.54) is 23.3 Å². The average Bonchev–Trinajstić information content (AvgIpc) is 2.71. The molecule has 0 saturated heterocycles. The first-order valence-electron chi connectivity index (χ1n) is 4.79. The van der Waals surface area contributed by atoms with Crippen molar-refractivity contribution in [2.45, 2.75) is 12.5 Å². The molecule has 0 aromatic carbocycles. The van der Waals surface area contributed by atoms with Gasteiger partial charge >= 0.3 is 5.97 Å². The third-order valence-electron chi connectivity index (χ3n) is 2.44. The minimum Gasteiger partial charge on any atom is -0.465 e. The van der Waals surface area contributed by atoms with Crippen LogP contribution in [-0.2, 0) is 15.9 Å². The Morgan fingerprint density at radius 2 is 2.50 bits per heavy atom. The molecule has 0 aliphatic carbocycles. The predicted molar refractivity (Wildman–Crippen MR) is 64.4 cm³/mol. The van der Waals surface area contributed by atoms with Crippen LogP contribution in [0.5, 0.6) is 0 Å². The van der Waals surface area contributed by atoms with Gasteiger partial charge in [0.05, 0.1) is 19.8 Å². The van der Waals surface area contributed by atoms with Gasteiger partial charge in [0.1, 0.15) is 4.88 Å². The molecule has 16 heavy (non-hydrogen) atoms. The molecular formula is C10H14ClNO3S. The van der Waals surface area contributed by atoms with E-state index in [1.54, 1.807) is 0 Å². The average molecular weight is 264 g/mol. The van der Waals surface area contributed by atoms with E-state index in [1.807, 2.05) is 6.07 Å². The number of esters is 1. The number of methoxy groups -OCH3 is 1. The highest BCUT2D eigenvalue weighted by Crippen LogP contribution is 2.33. The molecule has 6 heteroatoms. The Bertz CT molecular complexity index is 380. The van der Waals surface area contributed by atoms with Crippen LogP contribution < -0.4 is 5.73 Å². The first-order chi connectivity index (χ1) is 7.26. The second-order valence-corrected chi connectivity index (χ2v) is 4.46.